The second-order valence-electron chi connectivity index (χ2n) is 4.43. The normalized spacial score (nSPS) is 20.8. The number of esters is 1. The van der Waals surface area contributed by atoms with Crippen molar-refractivity contribution in [2.24, 2.45) is 0 Å². The van der Waals surface area contributed by atoms with Crippen LogP contribution in [-0.2, 0) is 14.3 Å². The van der Waals surface area contributed by atoms with Gasteiger partial charge in [-0.1, -0.05) is 11.6 Å². The highest BCUT2D eigenvalue weighted by atomic mass is 35.5. The average molecular weight is 271 g/mol. The molecule has 1 unspecified atom stereocenters. The van der Waals surface area contributed by atoms with E-state index in [1.807, 2.05) is 0 Å². The molecule has 2 rings (SSSR count). The minimum Gasteiger partial charge on any atom is -0.464 e. The summed E-state index contributed by atoms with van der Waals surface area (Å²) < 4.78 is 16.3. The van der Waals surface area contributed by atoms with Crippen LogP contribution in [0.2, 0.25) is 5.02 Å². The molecule has 0 aromatic heterocycles. The molecule has 18 heavy (non-hydrogen) atoms. The van der Waals surface area contributed by atoms with E-state index in [1.165, 1.54) is 0 Å². The average Bonchev–Trinajstić information content (AvgIpc) is 2.28. The van der Waals surface area contributed by atoms with Gasteiger partial charge in [-0.3, -0.25) is 0 Å². The minimum absolute atomic E-state index is 0.301. The molecule has 1 heterocycles. The fourth-order valence-electron chi connectivity index (χ4n) is 1.85. The number of ether oxygens (including phenoxy) is 3. The fraction of sp³-hybridized carbons (Fsp3) is 0.462. The van der Waals surface area contributed by atoms with E-state index in [4.69, 9.17) is 25.8 Å². The van der Waals surface area contributed by atoms with E-state index in [0.29, 0.717) is 22.9 Å². The quantitative estimate of drug-likeness (QED) is 0.775. The van der Waals surface area contributed by atoms with Crippen LogP contribution in [0.15, 0.2) is 18.2 Å². The third-order valence-electron chi connectivity index (χ3n) is 2.51. The lowest BCUT2D eigenvalue weighted by molar-refractivity contribution is -0.219. The highest BCUT2D eigenvalue weighted by molar-refractivity contribution is 6.30. The van der Waals surface area contributed by atoms with Crippen LogP contribution in [0.4, 0.5) is 0 Å². The monoisotopic (exact) mass is 270 g/mol. The lowest BCUT2D eigenvalue weighted by atomic mass is 10.1. The van der Waals surface area contributed by atoms with E-state index >= 15 is 0 Å². The van der Waals surface area contributed by atoms with Crippen LogP contribution in [0.25, 0.3) is 0 Å². The minimum atomic E-state index is -0.877. The topological polar surface area (TPSA) is 44.8 Å². The van der Waals surface area contributed by atoms with Crippen LogP contribution in [0.3, 0.4) is 0 Å². The van der Waals surface area contributed by atoms with Crippen molar-refractivity contribution in [1.82, 2.24) is 0 Å². The molecule has 0 N–H and O–H groups in total. The number of benzene rings is 1. The molecular weight excluding hydrogens is 256 g/mol. The van der Waals surface area contributed by atoms with Gasteiger partial charge < -0.3 is 14.2 Å². The number of rotatable bonds is 2. The first-order valence-corrected chi connectivity index (χ1v) is 6.13. The van der Waals surface area contributed by atoms with Gasteiger partial charge in [-0.25, -0.2) is 4.79 Å². The summed E-state index contributed by atoms with van der Waals surface area (Å²) in [5.41, 5.74) is 0.597. The Morgan fingerprint density at radius 3 is 2.89 bits per heavy atom. The summed E-state index contributed by atoms with van der Waals surface area (Å²) in [7, 11) is 0. The van der Waals surface area contributed by atoms with E-state index in [1.54, 1.807) is 39.0 Å². The number of carbonyl (C=O) groups is 1. The van der Waals surface area contributed by atoms with Crippen LogP contribution in [0.1, 0.15) is 32.4 Å². The molecule has 0 aliphatic carbocycles. The molecule has 1 aliphatic heterocycles. The Morgan fingerprint density at radius 1 is 1.50 bits per heavy atom. The van der Waals surface area contributed by atoms with E-state index in [-0.39, 0.29) is 0 Å². The molecule has 0 fully saturated rings. The Kier molecular flexibility index (Phi) is 3.50. The summed E-state index contributed by atoms with van der Waals surface area (Å²) in [5.74, 6) is -0.718. The number of halogens is 1. The summed E-state index contributed by atoms with van der Waals surface area (Å²) >= 11 is 5.93. The molecule has 98 valence electrons. The van der Waals surface area contributed by atoms with Crippen molar-refractivity contribution in [3.05, 3.63) is 28.8 Å². The van der Waals surface area contributed by atoms with Crippen molar-refractivity contribution in [2.45, 2.75) is 32.7 Å². The van der Waals surface area contributed by atoms with Gasteiger partial charge in [-0.2, -0.15) is 0 Å². The van der Waals surface area contributed by atoms with Gasteiger partial charge in [0.2, 0.25) is 5.79 Å². The number of fused-ring (bicyclic) bond motifs is 1. The van der Waals surface area contributed by atoms with Crippen molar-refractivity contribution < 1.29 is 19.0 Å². The number of carbonyl (C=O) groups excluding carboxylic acids is 1. The largest absolute Gasteiger partial charge is 0.464 e. The standard InChI is InChI=1S/C13H15ClO4/c1-4-16-12(15)11-9-7-8(14)5-6-10(9)17-13(2,3)18-11/h5-7,11H,4H2,1-3H3. The highest BCUT2D eigenvalue weighted by Gasteiger charge is 2.39. The molecule has 4 nitrogen and oxygen atoms in total. The Labute approximate surface area is 111 Å². The molecule has 0 amide bonds. The van der Waals surface area contributed by atoms with Crippen LogP contribution in [0, 0.1) is 0 Å². The van der Waals surface area contributed by atoms with E-state index in [0.717, 1.165) is 0 Å². The molecule has 1 aromatic rings. The van der Waals surface area contributed by atoms with Crippen molar-refractivity contribution in [3.8, 4) is 5.75 Å². The number of hydrogen-bond acceptors (Lipinski definition) is 4. The molecule has 5 heteroatoms. The lowest BCUT2D eigenvalue weighted by Gasteiger charge is -2.36. The predicted molar refractivity (Wildman–Crippen MR) is 66.6 cm³/mol. The van der Waals surface area contributed by atoms with Gasteiger partial charge in [0, 0.05) is 24.4 Å². The van der Waals surface area contributed by atoms with Gasteiger partial charge in [0.05, 0.1) is 6.61 Å². The molecule has 0 saturated heterocycles. The highest BCUT2D eigenvalue weighted by Crippen LogP contribution is 2.40. The molecule has 1 atom stereocenters. The first-order valence-electron chi connectivity index (χ1n) is 5.76. The second kappa shape index (κ2) is 4.78. The van der Waals surface area contributed by atoms with Gasteiger partial charge in [0.1, 0.15) is 5.75 Å². The molecule has 0 radical (unpaired) electrons. The van der Waals surface area contributed by atoms with Crippen molar-refractivity contribution in [3.63, 3.8) is 0 Å². The maximum absolute atomic E-state index is 11.9. The summed E-state index contributed by atoms with van der Waals surface area (Å²) in [4.78, 5) is 11.9. The van der Waals surface area contributed by atoms with E-state index < -0.39 is 17.9 Å². The summed E-state index contributed by atoms with van der Waals surface area (Å²) in [6.07, 6.45) is -0.803. The zero-order valence-electron chi connectivity index (χ0n) is 10.5. The lowest BCUT2D eigenvalue weighted by Crippen LogP contribution is -2.40. The van der Waals surface area contributed by atoms with Crippen LogP contribution in [-0.4, -0.2) is 18.4 Å². The zero-order chi connectivity index (χ0) is 13.3. The van der Waals surface area contributed by atoms with E-state index in [9.17, 15) is 4.79 Å². The Morgan fingerprint density at radius 2 is 2.22 bits per heavy atom. The predicted octanol–water partition coefficient (Wildman–Crippen LogP) is 3.09. The molecule has 0 spiro atoms. The smallest absolute Gasteiger partial charge is 0.340 e. The van der Waals surface area contributed by atoms with Crippen LogP contribution < -0.4 is 4.74 Å². The van der Waals surface area contributed by atoms with Gasteiger partial charge in [0.15, 0.2) is 6.10 Å². The molecule has 0 saturated carbocycles. The summed E-state index contributed by atoms with van der Waals surface area (Å²) in [6, 6.07) is 5.10. The van der Waals surface area contributed by atoms with Crippen molar-refractivity contribution in [1.29, 1.82) is 0 Å². The first-order chi connectivity index (χ1) is 8.43. The molecule has 0 bridgehead atoms. The zero-order valence-corrected chi connectivity index (χ0v) is 11.3. The van der Waals surface area contributed by atoms with Gasteiger partial charge in [-0.15, -0.1) is 0 Å². The second-order valence-corrected chi connectivity index (χ2v) is 4.87. The van der Waals surface area contributed by atoms with Crippen LogP contribution >= 0.6 is 11.6 Å². The van der Waals surface area contributed by atoms with Crippen molar-refractivity contribution in [2.75, 3.05) is 6.61 Å². The van der Waals surface area contributed by atoms with Gasteiger partial charge in [0.25, 0.3) is 0 Å². The Balaban J connectivity index is 2.41. The van der Waals surface area contributed by atoms with Crippen molar-refractivity contribution >= 4 is 17.6 Å². The van der Waals surface area contributed by atoms with E-state index in [2.05, 4.69) is 0 Å². The number of hydrogen-bond donors (Lipinski definition) is 0. The fourth-order valence-corrected chi connectivity index (χ4v) is 2.03. The SMILES string of the molecule is CCOC(=O)C1OC(C)(C)Oc2ccc(Cl)cc21. The van der Waals surface area contributed by atoms with Gasteiger partial charge >= 0.3 is 5.97 Å². The summed E-state index contributed by atoms with van der Waals surface area (Å²) in [6.45, 7) is 5.55. The first kappa shape index (κ1) is 13.2. The maximum atomic E-state index is 11.9. The summed E-state index contributed by atoms with van der Waals surface area (Å²) in [5, 5.41) is 0.523. The molecular formula is C13H15ClO4. The maximum Gasteiger partial charge on any atom is 0.340 e. The molecule has 1 aliphatic rings. The third kappa shape index (κ3) is 2.60. The Hall–Kier alpha value is -1.26. The third-order valence-corrected chi connectivity index (χ3v) is 2.75. The molecule has 1 aromatic carbocycles. The van der Waals surface area contributed by atoms with Gasteiger partial charge in [-0.05, 0) is 25.1 Å². The Bertz CT molecular complexity index is 470. The van der Waals surface area contributed by atoms with Crippen LogP contribution in [0.5, 0.6) is 5.75 Å².